The van der Waals surface area contributed by atoms with Crippen LogP contribution in [0.25, 0.3) is 11.3 Å². The zero-order chi connectivity index (χ0) is 27.1. The van der Waals surface area contributed by atoms with Crippen LogP contribution in [0.1, 0.15) is 28.6 Å². The number of thiazole rings is 1. The minimum atomic E-state index is -0.348. The Labute approximate surface area is 230 Å². The molecule has 1 aromatic heterocycles. The smallest absolute Gasteiger partial charge is 0.263 e. The van der Waals surface area contributed by atoms with Crippen LogP contribution in [0, 0.1) is 6.92 Å². The van der Waals surface area contributed by atoms with E-state index >= 15 is 0 Å². The molecule has 1 atom stereocenters. The molecule has 1 heterocycles. The Morgan fingerprint density at radius 3 is 2.29 bits per heavy atom. The number of methoxy groups -OCH3 is 2. The van der Waals surface area contributed by atoms with Crippen LogP contribution in [-0.2, 0) is 4.79 Å². The quantitative estimate of drug-likeness (QED) is 0.210. The Balaban J connectivity index is 1.45. The van der Waals surface area contributed by atoms with Crippen molar-refractivity contribution in [3.8, 4) is 22.8 Å². The molecule has 0 aliphatic carbocycles. The molecule has 4 rings (SSSR count). The molecular weight excluding hydrogens is 518 g/mol. The average molecular weight is 548 g/mol. The first kappa shape index (κ1) is 27.2. The van der Waals surface area contributed by atoms with Gasteiger partial charge in [0.15, 0.2) is 5.13 Å². The first-order valence-electron chi connectivity index (χ1n) is 12.1. The molecule has 0 saturated carbocycles. The summed E-state index contributed by atoms with van der Waals surface area (Å²) >= 11 is 2.90. The standard InChI is InChI=1S/C29H29N3O4S2/c1-5-24(27(33)32-29-31-26(18(2)37-29)19-11-7-6-8-12-19)38-21-14-9-13-20(17-21)30-28(34)25-22(35-3)15-10-16-23(25)36-4/h6-17,24H,5H2,1-4H3,(H,30,34)(H,31,32,33). The number of benzene rings is 3. The highest BCUT2D eigenvalue weighted by Gasteiger charge is 2.22. The van der Waals surface area contributed by atoms with E-state index in [-0.39, 0.29) is 17.1 Å². The molecule has 0 aliphatic heterocycles. The van der Waals surface area contributed by atoms with Crippen LogP contribution >= 0.6 is 23.1 Å². The predicted molar refractivity (Wildman–Crippen MR) is 155 cm³/mol. The molecule has 0 saturated heterocycles. The number of nitrogens with one attached hydrogen (secondary N) is 2. The van der Waals surface area contributed by atoms with E-state index in [1.807, 2.05) is 62.4 Å². The Hall–Kier alpha value is -3.82. The Kier molecular flexibility index (Phi) is 9.04. The molecule has 4 aromatic rings. The number of aryl methyl sites for hydroxylation is 1. The van der Waals surface area contributed by atoms with E-state index in [1.165, 1.54) is 37.3 Å². The van der Waals surface area contributed by atoms with Crippen LogP contribution in [0.2, 0.25) is 0 Å². The van der Waals surface area contributed by atoms with Crippen molar-refractivity contribution in [3.63, 3.8) is 0 Å². The zero-order valence-corrected chi connectivity index (χ0v) is 23.2. The summed E-state index contributed by atoms with van der Waals surface area (Å²) in [4.78, 5) is 32.7. The number of aromatic nitrogens is 1. The summed E-state index contributed by atoms with van der Waals surface area (Å²) < 4.78 is 10.7. The molecule has 0 spiro atoms. The third-order valence-electron chi connectivity index (χ3n) is 5.76. The summed E-state index contributed by atoms with van der Waals surface area (Å²) in [6.45, 7) is 3.97. The Morgan fingerprint density at radius 2 is 1.63 bits per heavy atom. The number of rotatable bonds is 10. The van der Waals surface area contributed by atoms with Crippen molar-refractivity contribution >= 4 is 45.7 Å². The molecule has 3 aromatic carbocycles. The summed E-state index contributed by atoms with van der Waals surface area (Å²) in [6.07, 6.45) is 0.626. The van der Waals surface area contributed by atoms with Gasteiger partial charge >= 0.3 is 0 Å². The monoisotopic (exact) mass is 547 g/mol. The maximum atomic E-state index is 13.1. The van der Waals surface area contributed by atoms with Crippen molar-refractivity contribution < 1.29 is 19.1 Å². The molecule has 0 radical (unpaired) electrons. The van der Waals surface area contributed by atoms with E-state index in [2.05, 4.69) is 15.6 Å². The summed E-state index contributed by atoms with van der Waals surface area (Å²) in [6, 6.07) is 22.5. The Bertz CT molecular complexity index is 1400. The molecule has 1 unspecified atom stereocenters. The number of hydrogen-bond donors (Lipinski definition) is 2. The molecule has 0 fully saturated rings. The maximum absolute atomic E-state index is 13.1. The number of carbonyl (C=O) groups excluding carboxylic acids is 2. The van der Waals surface area contributed by atoms with Crippen molar-refractivity contribution in [2.24, 2.45) is 0 Å². The first-order valence-corrected chi connectivity index (χ1v) is 13.8. The van der Waals surface area contributed by atoms with Gasteiger partial charge in [0.2, 0.25) is 5.91 Å². The molecule has 196 valence electrons. The fourth-order valence-corrected chi connectivity index (χ4v) is 5.75. The van der Waals surface area contributed by atoms with Crippen molar-refractivity contribution in [3.05, 3.63) is 83.2 Å². The van der Waals surface area contributed by atoms with Gasteiger partial charge in [-0.3, -0.25) is 9.59 Å². The van der Waals surface area contributed by atoms with E-state index in [0.717, 1.165) is 21.0 Å². The number of anilines is 2. The average Bonchev–Trinajstić information content (AvgIpc) is 3.31. The fraction of sp³-hybridized carbons (Fsp3) is 0.207. The van der Waals surface area contributed by atoms with Crippen LogP contribution in [0.15, 0.2) is 77.7 Å². The van der Waals surface area contributed by atoms with E-state index in [0.29, 0.717) is 34.3 Å². The second-order valence-electron chi connectivity index (χ2n) is 8.31. The van der Waals surface area contributed by atoms with Crippen molar-refractivity contribution in [1.82, 2.24) is 4.98 Å². The van der Waals surface area contributed by atoms with Gasteiger partial charge < -0.3 is 20.1 Å². The highest BCUT2D eigenvalue weighted by atomic mass is 32.2. The normalized spacial score (nSPS) is 11.5. The number of carbonyl (C=O) groups is 2. The topological polar surface area (TPSA) is 89.5 Å². The lowest BCUT2D eigenvalue weighted by atomic mass is 10.1. The van der Waals surface area contributed by atoms with Gasteiger partial charge in [0.1, 0.15) is 17.1 Å². The molecule has 9 heteroatoms. The summed E-state index contributed by atoms with van der Waals surface area (Å²) in [5.74, 6) is 0.379. The number of ether oxygens (including phenoxy) is 2. The second kappa shape index (κ2) is 12.6. The van der Waals surface area contributed by atoms with Gasteiger partial charge in [0.05, 0.1) is 25.2 Å². The van der Waals surface area contributed by atoms with Crippen molar-refractivity contribution in [1.29, 1.82) is 0 Å². The lowest BCUT2D eigenvalue weighted by Crippen LogP contribution is -2.24. The molecule has 2 N–H and O–H groups in total. The summed E-state index contributed by atoms with van der Waals surface area (Å²) in [5.41, 5.74) is 2.82. The largest absolute Gasteiger partial charge is 0.496 e. The van der Waals surface area contributed by atoms with Crippen molar-refractivity contribution in [2.75, 3.05) is 24.9 Å². The number of nitrogens with zero attached hydrogens (tertiary/aromatic N) is 1. The Morgan fingerprint density at radius 1 is 0.947 bits per heavy atom. The molecule has 2 amide bonds. The number of thioether (sulfide) groups is 1. The fourth-order valence-electron chi connectivity index (χ4n) is 3.90. The highest BCUT2D eigenvalue weighted by Crippen LogP contribution is 2.33. The van der Waals surface area contributed by atoms with Gasteiger partial charge in [-0.25, -0.2) is 4.98 Å². The molecular formula is C29H29N3O4S2. The second-order valence-corrected chi connectivity index (χ2v) is 10.8. The third kappa shape index (κ3) is 6.35. The van der Waals surface area contributed by atoms with Crippen LogP contribution in [0.4, 0.5) is 10.8 Å². The minimum absolute atomic E-state index is 0.112. The van der Waals surface area contributed by atoms with E-state index in [4.69, 9.17) is 9.47 Å². The van der Waals surface area contributed by atoms with Crippen LogP contribution in [0.3, 0.4) is 0 Å². The summed E-state index contributed by atoms with van der Waals surface area (Å²) in [7, 11) is 3.02. The molecule has 0 aliphatic rings. The van der Waals surface area contributed by atoms with Crippen LogP contribution in [0.5, 0.6) is 11.5 Å². The minimum Gasteiger partial charge on any atom is -0.496 e. The lowest BCUT2D eigenvalue weighted by molar-refractivity contribution is -0.115. The zero-order valence-electron chi connectivity index (χ0n) is 21.6. The van der Waals surface area contributed by atoms with Crippen LogP contribution < -0.4 is 20.1 Å². The maximum Gasteiger partial charge on any atom is 0.263 e. The summed E-state index contributed by atoms with van der Waals surface area (Å²) in [5, 5.41) is 6.15. The predicted octanol–water partition coefficient (Wildman–Crippen LogP) is 6.90. The number of amides is 2. The van der Waals surface area contributed by atoms with E-state index in [1.54, 1.807) is 24.3 Å². The first-order chi connectivity index (χ1) is 18.4. The van der Waals surface area contributed by atoms with Crippen molar-refractivity contribution in [2.45, 2.75) is 30.4 Å². The van der Waals surface area contributed by atoms with Gasteiger partial charge in [-0.2, -0.15) is 0 Å². The number of hydrogen-bond acceptors (Lipinski definition) is 7. The highest BCUT2D eigenvalue weighted by molar-refractivity contribution is 8.00. The van der Waals surface area contributed by atoms with Crippen LogP contribution in [-0.4, -0.2) is 36.3 Å². The van der Waals surface area contributed by atoms with Gasteiger partial charge in [-0.15, -0.1) is 23.1 Å². The molecule has 0 bridgehead atoms. The van der Waals surface area contributed by atoms with E-state index in [9.17, 15) is 9.59 Å². The van der Waals surface area contributed by atoms with E-state index < -0.39 is 0 Å². The molecule has 38 heavy (non-hydrogen) atoms. The lowest BCUT2D eigenvalue weighted by Gasteiger charge is -2.15. The molecule has 7 nitrogen and oxygen atoms in total. The SMILES string of the molecule is CCC(Sc1cccc(NC(=O)c2c(OC)cccc2OC)c1)C(=O)Nc1nc(-c2ccccc2)c(C)s1. The van der Waals surface area contributed by atoms with Gasteiger partial charge in [0, 0.05) is 21.0 Å². The van der Waals surface area contributed by atoms with Gasteiger partial charge in [-0.05, 0) is 43.7 Å². The van der Waals surface area contributed by atoms with Gasteiger partial charge in [-0.1, -0.05) is 49.4 Å². The van der Waals surface area contributed by atoms with Gasteiger partial charge in [0.25, 0.3) is 5.91 Å². The third-order valence-corrected chi connectivity index (χ3v) is 8.01.